The zero-order valence-corrected chi connectivity index (χ0v) is 83.5. The minimum atomic E-state index is -0.728. The highest BCUT2D eigenvalue weighted by molar-refractivity contribution is 6.32. The van der Waals surface area contributed by atoms with Crippen molar-refractivity contribution in [1.82, 2.24) is 44.9 Å². The van der Waals surface area contributed by atoms with Gasteiger partial charge in [-0.15, -0.1) is 0 Å². The summed E-state index contributed by atoms with van der Waals surface area (Å²) < 4.78 is 16.5. The summed E-state index contributed by atoms with van der Waals surface area (Å²) in [5.41, 5.74) is 32.3. The quantitative estimate of drug-likeness (QED) is 0.0128. The molecule has 3 amide bonds. The molecule has 1 fully saturated rings. The first-order valence-electron chi connectivity index (χ1n) is 46.0. The summed E-state index contributed by atoms with van der Waals surface area (Å²) in [4.78, 5) is 104. The smallest absolute Gasteiger partial charge is 0.434 e. The van der Waals surface area contributed by atoms with Crippen LogP contribution < -0.4 is 33.0 Å². The maximum absolute atomic E-state index is 13.3. The van der Waals surface area contributed by atoms with E-state index in [-0.39, 0.29) is 42.3 Å². The Labute approximate surface area is 838 Å². The van der Waals surface area contributed by atoms with Gasteiger partial charge in [-0.3, -0.25) is 24.0 Å². The molecule has 0 saturated carbocycles. The Morgan fingerprint density at radius 3 is 1.43 bits per heavy atom. The third-order valence-electron chi connectivity index (χ3n) is 22.0. The summed E-state index contributed by atoms with van der Waals surface area (Å²) >= 11 is 18.5. The lowest BCUT2D eigenvalue weighted by molar-refractivity contribution is -0.153. The number of nitrogens with zero attached hydrogens (tertiary/aromatic N) is 9. The molecular weight excluding hydrogens is 1840 g/mol. The van der Waals surface area contributed by atoms with Crippen molar-refractivity contribution in [3.05, 3.63) is 312 Å². The number of aromatic nitrogens is 4. The van der Waals surface area contributed by atoms with Gasteiger partial charge in [0.25, 0.3) is 11.8 Å². The van der Waals surface area contributed by atoms with Gasteiger partial charge in [0.1, 0.15) is 46.8 Å². The third-order valence-corrected chi connectivity index (χ3v) is 22.8. The molecule has 2 unspecified atom stereocenters. The number of nitrogens with one attached hydrogen (secondary N) is 1. The molecule has 0 spiro atoms. The van der Waals surface area contributed by atoms with E-state index in [0.717, 1.165) is 83.2 Å². The average Bonchev–Trinajstić information content (AvgIpc) is 0.347. The van der Waals surface area contributed by atoms with Gasteiger partial charge < -0.3 is 72.3 Å². The van der Waals surface area contributed by atoms with Crippen molar-refractivity contribution >= 4 is 142 Å². The Morgan fingerprint density at radius 1 is 0.482 bits per heavy atom. The number of likely N-dealkylation sites (tertiary alicyclic amines) is 1. The van der Waals surface area contributed by atoms with Gasteiger partial charge in [0.15, 0.2) is 11.6 Å². The highest BCUT2D eigenvalue weighted by atomic mass is 35.5. The number of likely N-dealkylation sites (N-methyl/N-ethyl adjacent to an activating group) is 3. The predicted molar refractivity (Wildman–Crippen MR) is 565 cm³/mol. The van der Waals surface area contributed by atoms with Crippen LogP contribution in [0, 0.1) is 53.3 Å². The molecule has 5 heterocycles. The van der Waals surface area contributed by atoms with E-state index in [9.17, 15) is 39.0 Å². The second kappa shape index (κ2) is 50.8. The second-order valence-electron chi connectivity index (χ2n) is 36.7. The van der Waals surface area contributed by atoms with Gasteiger partial charge in [-0.2, -0.15) is 4.99 Å². The van der Waals surface area contributed by atoms with E-state index in [1.54, 1.807) is 121 Å². The Kier molecular flexibility index (Phi) is 38.5. The van der Waals surface area contributed by atoms with Crippen LogP contribution in [-0.4, -0.2) is 202 Å². The predicted octanol–water partition coefficient (Wildman–Crippen LogP) is 18.5. The van der Waals surface area contributed by atoms with Crippen molar-refractivity contribution in [3.8, 4) is 53.1 Å². The summed E-state index contributed by atoms with van der Waals surface area (Å²) in [5.74, 6) is 26.7. The molecule has 1 aliphatic rings. The number of amides is 3. The molecule has 2 atom stereocenters. The number of piperidine rings is 1. The SMILES string of the molecule is CC(C)(C)OC(=O)CC(CC1CCN(C(=O)c2ccc(C#Cc3c(N)ncc4ccc(Cl)cc34)cc2)CC1)=NC(=O)OC(C)(C)C.CN(C)CC(O)CCC(=O)c1ccc(C#Cc2cnc(N)c3ccccc23)cc1.CN(C)CC(O)CNC(=O)c1cccc(C#Cc2c(N)ncc3ccc(Cl)cc23)c1.CN(C)CCOc1ccc(CCC(=O)c2ccc(C#Cc3c(N)ncc4ccc(Cl)cc34)cc2)cc1. The lowest BCUT2D eigenvalue weighted by Gasteiger charge is -2.32. The van der Waals surface area contributed by atoms with Crippen molar-refractivity contribution in [2.45, 2.75) is 116 Å². The molecule has 0 bridgehead atoms. The Balaban J connectivity index is 0.000000183. The van der Waals surface area contributed by atoms with Crippen molar-refractivity contribution < 1.29 is 53.2 Å². The fraction of sp³-hybridized carbons (Fsp3) is 0.283. The van der Waals surface area contributed by atoms with Crippen LogP contribution in [0.2, 0.25) is 15.1 Å². The average molecular weight is 1950 g/mol. The molecule has 0 aliphatic carbocycles. The van der Waals surface area contributed by atoms with Crippen molar-refractivity contribution in [2.75, 3.05) is 111 Å². The number of anilines is 4. The number of Topliss-reactive ketones (excluding diaryl/α,β-unsaturated/α-hetero) is 2. The van der Waals surface area contributed by atoms with Crippen LogP contribution in [0.15, 0.2) is 230 Å². The molecule has 1 aliphatic heterocycles. The molecule has 13 aromatic rings. The Bertz CT molecular complexity index is 6950. The minimum Gasteiger partial charge on any atom is -0.492 e. The topological polar surface area (TPSA) is 364 Å². The van der Waals surface area contributed by atoms with Crippen molar-refractivity contribution in [2.24, 2.45) is 10.9 Å². The molecule has 726 valence electrons. The minimum absolute atomic E-state index is 0.0241. The number of ketones is 2. The number of pyridine rings is 4. The maximum Gasteiger partial charge on any atom is 0.434 e. The van der Waals surface area contributed by atoms with Gasteiger partial charge in [0, 0.05) is 185 Å². The van der Waals surface area contributed by atoms with E-state index in [1.807, 2.05) is 203 Å². The number of carbonyl (C=O) groups is 6. The van der Waals surface area contributed by atoms with Gasteiger partial charge >= 0.3 is 12.1 Å². The lowest BCUT2D eigenvalue weighted by Crippen LogP contribution is -2.39. The maximum atomic E-state index is 13.3. The molecular formula is C113H117Cl3N14O11. The van der Waals surface area contributed by atoms with Crippen LogP contribution in [-0.2, 0) is 20.7 Å². The van der Waals surface area contributed by atoms with Crippen molar-refractivity contribution in [3.63, 3.8) is 0 Å². The van der Waals surface area contributed by atoms with Crippen molar-refractivity contribution in [1.29, 1.82) is 0 Å². The van der Waals surface area contributed by atoms with E-state index < -0.39 is 35.5 Å². The molecule has 28 heteroatoms. The number of aliphatic imine (C=N–C) groups is 1. The largest absolute Gasteiger partial charge is 0.492 e. The number of aryl methyl sites for hydroxylation is 1. The monoisotopic (exact) mass is 1950 g/mol. The number of esters is 1. The number of aliphatic hydroxyl groups is 2. The molecule has 4 aromatic heterocycles. The molecule has 11 N–H and O–H groups in total. The van der Waals surface area contributed by atoms with E-state index >= 15 is 0 Å². The standard InChI is InChI=1S/C36H41ClN4O5.C30H28ClN3O2.C24H25N3O2.C23H23ClN4O2/c1-35(2,3)45-31(42)21-28(40-34(44)46-36(4,5)6)19-24-15-17-41(18-16-24)33(43)25-10-7-23(8-11-25)9-14-29-30-20-27(37)13-12-26(30)22-39-32(29)38;1-34(2)17-18-36-26-13-5-22(6-14-26)8-16-29(35)23-9-3-21(4-10-23)7-15-27-28-19-25(31)12-11-24(28)20-33-30(27)32;1-27(2)16-20(28)13-14-23(29)18-10-7-17(8-11-18)9-12-19-15-26-24(25)22-6-4-3-5-21(19)22;1-28(2)14-19(29)13-27-23(30)16-5-3-4-15(10-16)6-9-20-21-11-18(24)8-7-17(21)12-26-22(20)25/h7-8,10-13,20,22,24H,15-19,21H2,1-6H3,(H2,38,39);3-6,9-14,19-20H,8,16-18H2,1-2H3,(H2,32,33);3-8,10-11,15,20,28H,13-14,16H2,1-2H3,(H2,25,26);3-5,7-8,10-12,19,29H,13-14H2,1-2H3,(H2,25,26)(H,27,30). The van der Waals surface area contributed by atoms with Crippen LogP contribution in [0.25, 0.3) is 43.1 Å². The van der Waals surface area contributed by atoms with Gasteiger partial charge in [0.05, 0.1) is 40.9 Å². The van der Waals surface area contributed by atoms with E-state index in [1.165, 1.54) is 0 Å². The first-order valence-corrected chi connectivity index (χ1v) is 47.2. The van der Waals surface area contributed by atoms with Crippen LogP contribution in [0.4, 0.5) is 28.1 Å². The summed E-state index contributed by atoms with van der Waals surface area (Å²) in [7, 11) is 11.5. The van der Waals surface area contributed by atoms with E-state index in [2.05, 4.69) is 82.5 Å². The number of aliphatic hydroxyl groups excluding tert-OH is 2. The normalized spacial score (nSPS) is 12.4. The van der Waals surface area contributed by atoms with Crippen LogP contribution in [0.1, 0.15) is 178 Å². The zero-order valence-electron chi connectivity index (χ0n) is 81.2. The Morgan fingerprint density at radius 2 is 0.943 bits per heavy atom. The van der Waals surface area contributed by atoms with Crippen LogP contribution >= 0.6 is 34.8 Å². The van der Waals surface area contributed by atoms with Gasteiger partial charge in [-0.25, -0.2) is 24.7 Å². The number of fused-ring (bicyclic) bond motifs is 4. The number of benzene rings is 9. The van der Waals surface area contributed by atoms with E-state index in [4.69, 9.17) is 71.9 Å². The highest BCUT2D eigenvalue weighted by Crippen LogP contribution is 2.32. The third kappa shape index (κ3) is 33.6. The molecule has 0 radical (unpaired) electrons. The van der Waals surface area contributed by atoms with E-state index in [0.29, 0.717) is 166 Å². The zero-order chi connectivity index (χ0) is 102. The summed E-state index contributed by atoms with van der Waals surface area (Å²) in [5, 5.41) is 31.4. The summed E-state index contributed by atoms with van der Waals surface area (Å²) in [6, 6.07) is 60.9. The van der Waals surface area contributed by atoms with Gasteiger partial charge in [0.2, 0.25) is 0 Å². The number of nitrogen functional groups attached to an aromatic ring is 4. The highest BCUT2D eigenvalue weighted by Gasteiger charge is 2.29. The number of nitrogens with two attached hydrogens (primary N) is 4. The molecule has 14 rings (SSSR count). The molecule has 9 aromatic carbocycles. The first kappa shape index (κ1) is 107. The fourth-order valence-electron chi connectivity index (χ4n) is 15.0. The molecule has 141 heavy (non-hydrogen) atoms. The number of halogens is 3. The lowest BCUT2D eigenvalue weighted by atomic mass is 9.90. The Hall–Kier alpha value is -14.6. The summed E-state index contributed by atoms with van der Waals surface area (Å²) in [6.07, 6.45) is 8.55. The number of ether oxygens (including phenoxy) is 3. The number of hydrogen-bond acceptors (Lipinski definition) is 22. The number of rotatable bonds is 24. The van der Waals surface area contributed by atoms with Crippen LogP contribution in [0.5, 0.6) is 5.75 Å². The van der Waals surface area contributed by atoms with Gasteiger partial charge in [-0.1, -0.05) is 167 Å². The number of hydrogen-bond donors (Lipinski definition) is 7. The second-order valence-corrected chi connectivity index (χ2v) is 38.1. The first-order chi connectivity index (χ1) is 67.2. The molecule has 1 saturated heterocycles. The summed E-state index contributed by atoms with van der Waals surface area (Å²) in [6.45, 7) is 14.5. The fourth-order valence-corrected chi connectivity index (χ4v) is 15.5. The number of carbonyl (C=O) groups excluding carboxylic acids is 6. The van der Waals surface area contributed by atoms with Crippen LogP contribution in [0.3, 0.4) is 0 Å². The van der Waals surface area contributed by atoms with Gasteiger partial charge in [-0.05, 0) is 243 Å². The molecule has 25 nitrogen and oxygen atoms in total.